The van der Waals surface area contributed by atoms with Crippen LogP contribution in [0, 0.1) is 0 Å². The summed E-state index contributed by atoms with van der Waals surface area (Å²) in [5.74, 6) is -0.0335. The Morgan fingerprint density at radius 2 is 2.25 bits per heavy atom. The number of hydrogen-bond acceptors (Lipinski definition) is 1. The van der Waals surface area contributed by atoms with Gasteiger partial charge in [-0.2, -0.15) is 0 Å². The van der Waals surface area contributed by atoms with E-state index in [1.165, 1.54) is 0 Å². The van der Waals surface area contributed by atoms with Crippen LogP contribution in [0.5, 0.6) is 0 Å². The van der Waals surface area contributed by atoms with E-state index in [1.54, 1.807) is 11.9 Å². The summed E-state index contributed by atoms with van der Waals surface area (Å²) in [6, 6.07) is 8.03. The molecule has 0 bridgehead atoms. The van der Waals surface area contributed by atoms with Crippen molar-refractivity contribution in [3.05, 3.63) is 36.0 Å². The van der Waals surface area contributed by atoms with Gasteiger partial charge in [-0.25, -0.2) is 0 Å². The molecule has 0 saturated carbocycles. The van der Waals surface area contributed by atoms with Crippen molar-refractivity contribution in [3.8, 4) is 0 Å². The van der Waals surface area contributed by atoms with Crippen LogP contribution in [-0.4, -0.2) is 28.7 Å². The van der Waals surface area contributed by atoms with Crippen molar-refractivity contribution in [2.75, 3.05) is 12.9 Å². The molecule has 2 aromatic rings. The highest BCUT2D eigenvalue weighted by Gasteiger charge is 2.09. The van der Waals surface area contributed by atoms with Crippen LogP contribution >= 0.6 is 11.6 Å². The van der Waals surface area contributed by atoms with Gasteiger partial charge in [-0.05, 0) is 17.7 Å². The van der Waals surface area contributed by atoms with Gasteiger partial charge in [0.1, 0.15) is 5.88 Å². The summed E-state index contributed by atoms with van der Waals surface area (Å²) in [6.07, 6.45) is 1.90. The second kappa shape index (κ2) is 4.58. The number of aromatic amines is 1. The molecule has 16 heavy (non-hydrogen) atoms. The first-order chi connectivity index (χ1) is 7.72. The molecule has 0 atom stereocenters. The van der Waals surface area contributed by atoms with Crippen LogP contribution < -0.4 is 0 Å². The molecule has 0 radical (unpaired) electrons. The van der Waals surface area contributed by atoms with Crippen LogP contribution in [0.1, 0.15) is 5.56 Å². The smallest absolute Gasteiger partial charge is 0.237 e. The van der Waals surface area contributed by atoms with Crippen molar-refractivity contribution in [1.29, 1.82) is 0 Å². The van der Waals surface area contributed by atoms with Gasteiger partial charge in [-0.15, -0.1) is 11.6 Å². The van der Waals surface area contributed by atoms with Gasteiger partial charge in [0.05, 0.1) is 0 Å². The molecule has 0 unspecified atom stereocenters. The average molecular weight is 237 g/mol. The summed E-state index contributed by atoms with van der Waals surface area (Å²) >= 11 is 5.51. The summed E-state index contributed by atoms with van der Waals surface area (Å²) in [5, 5.41) is 1.15. The lowest BCUT2D eigenvalue weighted by Crippen LogP contribution is -2.27. The number of aromatic nitrogens is 1. The molecule has 0 spiro atoms. The number of alkyl halides is 1. The molecule has 1 N–H and O–H groups in total. The summed E-state index contributed by atoms with van der Waals surface area (Å²) in [5.41, 5.74) is 2.21. The lowest BCUT2D eigenvalue weighted by Gasteiger charge is -2.16. The van der Waals surface area contributed by atoms with Gasteiger partial charge in [0, 0.05) is 30.7 Å². The first kappa shape index (κ1) is 11.0. The summed E-state index contributed by atoms with van der Waals surface area (Å²) in [4.78, 5) is 16.2. The number of amides is 1. The van der Waals surface area contributed by atoms with Crippen molar-refractivity contribution in [1.82, 2.24) is 9.88 Å². The molecular weight excluding hydrogens is 224 g/mol. The van der Waals surface area contributed by atoms with Crippen molar-refractivity contribution in [2.45, 2.75) is 6.54 Å². The van der Waals surface area contributed by atoms with E-state index in [1.807, 2.05) is 30.5 Å². The van der Waals surface area contributed by atoms with Crippen LogP contribution in [0.2, 0.25) is 0 Å². The second-order valence-electron chi connectivity index (χ2n) is 3.74. The largest absolute Gasteiger partial charge is 0.361 e. The van der Waals surface area contributed by atoms with Crippen LogP contribution in [-0.2, 0) is 11.3 Å². The number of nitrogens with zero attached hydrogens (tertiary/aromatic N) is 1. The van der Waals surface area contributed by atoms with Crippen LogP contribution in [0.4, 0.5) is 0 Å². The highest BCUT2D eigenvalue weighted by atomic mass is 35.5. The van der Waals surface area contributed by atoms with Crippen molar-refractivity contribution in [2.24, 2.45) is 0 Å². The summed E-state index contributed by atoms with van der Waals surface area (Å²) < 4.78 is 0. The SMILES string of the molecule is CN(Cc1cccc2[nH]ccc12)C(=O)CCl. The number of H-pyrrole nitrogens is 1. The molecule has 1 heterocycles. The molecule has 0 saturated heterocycles. The number of benzene rings is 1. The molecule has 1 amide bonds. The Morgan fingerprint density at radius 3 is 3.00 bits per heavy atom. The molecule has 0 aliphatic heterocycles. The maximum Gasteiger partial charge on any atom is 0.237 e. The van der Waals surface area contributed by atoms with Crippen molar-refractivity contribution in [3.63, 3.8) is 0 Å². The number of nitrogens with one attached hydrogen (secondary N) is 1. The van der Waals surface area contributed by atoms with E-state index in [0.717, 1.165) is 16.5 Å². The maximum atomic E-state index is 11.4. The van der Waals surface area contributed by atoms with Gasteiger partial charge in [0.15, 0.2) is 0 Å². The number of halogens is 1. The minimum absolute atomic E-state index is 0.0274. The molecule has 4 heteroatoms. The Kier molecular flexibility index (Phi) is 3.15. The number of carbonyl (C=O) groups excluding carboxylic acids is 1. The van der Waals surface area contributed by atoms with E-state index in [4.69, 9.17) is 11.6 Å². The van der Waals surface area contributed by atoms with Crippen molar-refractivity contribution >= 4 is 28.4 Å². The molecule has 0 fully saturated rings. The number of rotatable bonds is 3. The highest BCUT2D eigenvalue weighted by molar-refractivity contribution is 6.27. The average Bonchev–Trinajstić information content (AvgIpc) is 2.77. The van der Waals surface area contributed by atoms with Gasteiger partial charge >= 0.3 is 0 Å². The third-order valence-corrected chi connectivity index (χ3v) is 2.86. The molecule has 2 rings (SSSR count). The minimum atomic E-state index is -0.0609. The number of fused-ring (bicyclic) bond motifs is 1. The van der Waals surface area contributed by atoms with Gasteiger partial charge in [0.2, 0.25) is 5.91 Å². The molecule has 1 aromatic heterocycles. The van der Waals surface area contributed by atoms with Gasteiger partial charge in [0.25, 0.3) is 0 Å². The van der Waals surface area contributed by atoms with Crippen LogP contribution in [0.15, 0.2) is 30.5 Å². The standard InChI is InChI=1S/C12H13ClN2O/c1-15(12(16)7-13)8-9-3-2-4-11-10(9)5-6-14-11/h2-6,14H,7-8H2,1H3. The molecule has 3 nitrogen and oxygen atoms in total. The Labute approximate surface area is 99.0 Å². The van der Waals surface area contributed by atoms with Gasteiger partial charge < -0.3 is 9.88 Å². The molecule has 0 aliphatic rings. The molecular formula is C12H13ClN2O. The first-order valence-corrected chi connectivity index (χ1v) is 5.60. The maximum absolute atomic E-state index is 11.4. The van der Waals surface area contributed by atoms with E-state index in [-0.39, 0.29) is 11.8 Å². The summed E-state index contributed by atoms with van der Waals surface area (Å²) in [6.45, 7) is 0.584. The highest BCUT2D eigenvalue weighted by Crippen LogP contribution is 2.18. The van der Waals surface area contributed by atoms with Crippen LogP contribution in [0.3, 0.4) is 0 Å². The lowest BCUT2D eigenvalue weighted by atomic mass is 10.1. The fourth-order valence-corrected chi connectivity index (χ4v) is 1.94. The van der Waals surface area contributed by atoms with Crippen molar-refractivity contribution < 1.29 is 4.79 Å². The predicted octanol–water partition coefficient (Wildman–Crippen LogP) is 2.37. The summed E-state index contributed by atoms with van der Waals surface area (Å²) in [7, 11) is 1.76. The van der Waals surface area contributed by atoms with E-state index >= 15 is 0 Å². The zero-order valence-electron chi connectivity index (χ0n) is 9.03. The third kappa shape index (κ3) is 2.04. The zero-order chi connectivity index (χ0) is 11.5. The normalized spacial score (nSPS) is 10.6. The monoisotopic (exact) mass is 236 g/mol. The van der Waals surface area contributed by atoms with Crippen LogP contribution in [0.25, 0.3) is 10.9 Å². The van der Waals surface area contributed by atoms with Gasteiger partial charge in [-0.3, -0.25) is 4.79 Å². The Balaban J connectivity index is 2.27. The fraction of sp³-hybridized carbons (Fsp3) is 0.250. The zero-order valence-corrected chi connectivity index (χ0v) is 9.79. The van der Waals surface area contributed by atoms with E-state index in [9.17, 15) is 4.79 Å². The third-order valence-electron chi connectivity index (χ3n) is 2.63. The lowest BCUT2D eigenvalue weighted by molar-refractivity contribution is -0.127. The molecule has 84 valence electrons. The Morgan fingerprint density at radius 1 is 1.44 bits per heavy atom. The topological polar surface area (TPSA) is 36.1 Å². The first-order valence-electron chi connectivity index (χ1n) is 5.07. The number of hydrogen-bond donors (Lipinski definition) is 1. The Hall–Kier alpha value is -1.48. The Bertz CT molecular complexity index is 506. The van der Waals surface area contributed by atoms with E-state index < -0.39 is 0 Å². The predicted molar refractivity (Wildman–Crippen MR) is 65.5 cm³/mol. The minimum Gasteiger partial charge on any atom is -0.361 e. The second-order valence-corrected chi connectivity index (χ2v) is 4.01. The van der Waals surface area contributed by atoms with E-state index in [0.29, 0.717) is 6.54 Å². The molecule has 1 aromatic carbocycles. The number of carbonyl (C=O) groups is 1. The quantitative estimate of drug-likeness (QED) is 0.816. The molecule has 0 aliphatic carbocycles. The van der Waals surface area contributed by atoms with E-state index in [2.05, 4.69) is 4.98 Å². The fourth-order valence-electron chi connectivity index (χ4n) is 1.73. The van der Waals surface area contributed by atoms with Gasteiger partial charge in [-0.1, -0.05) is 12.1 Å².